The smallest absolute Gasteiger partial charge is 0.123 e. The van der Waals surface area contributed by atoms with E-state index in [2.05, 4.69) is 33.8 Å². The number of nitrogens with one attached hydrogen (secondary N) is 1. The van der Waals surface area contributed by atoms with Crippen LogP contribution in [0.15, 0.2) is 80.2 Å². The van der Waals surface area contributed by atoms with E-state index in [4.69, 9.17) is 0 Å². The molecule has 0 unspecified atom stereocenters. The van der Waals surface area contributed by atoms with Crippen molar-refractivity contribution in [1.82, 2.24) is 24.6 Å². The molecular formula is C26H24FN5. The van der Waals surface area contributed by atoms with Crippen LogP contribution in [-0.2, 0) is 13.5 Å². The number of imidazole rings is 1. The highest BCUT2D eigenvalue weighted by atomic mass is 19.1. The Kier molecular flexibility index (Phi) is 6.47. The van der Waals surface area contributed by atoms with Crippen molar-refractivity contribution in [2.45, 2.75) is 12.8 Å². The van der Waals surface area contributed by atoms with Crippen molar-refractivity contribution in [3.63, 3.8) is 0 Å². The van der Waals surface area contributed by atoms with E-state index in [-0.39, 0.29) is 5.82 Å². The third-order valence-corrected chi connectivity index (χ3v) is 5.05. The summed E-state index contributed by atoms with van der Waals surface area (Å²) >= 11 is 0. The van der Waals surface area contributed by atoms with Crippen molar-refractivity contribution in [3.8, 4) is 17.5 Å². The zero-order valence-corrected chi connectivity index (χ0v) is 17.9. The van der Waals surface area contributed by atoms with E-state index in [0.29, 0.717) is 0 Å². The third-order valence-electron chi connectivity index (χ3n) is 5.05. The Morgan fingerprint density at radius 3 is 2.72 bits per heavy atom. The summed E-state index contributed by atoms with van der Waals surface area (Å²) in [7, 11) is 1.92. The van der Waals surface area contributed by atoms with Crippen molar-refractivity contribution in [2.75, 3.05) is 6.54 Å². The molecule has 160 valence electrons. The molecule has 0 atom stereocenters. The average Bonchev–Trinajstić information content (AvgIpc) is 3.48. The van der Waals surface area contributed by atoms with E-state index < -0.39 is 0 Å². The van der Waals surface area contributed by atoms with Gasteiger partial charge in [0.25, 0.3) is 0 Å². The average molecular weight is 426 g/mol. The first-order valence-corrected chi connectivity index (χ1v) is 10.4. The second-order valence-corrected chi connectivity index (χ2v) is 7.49. The van der Waals surface area contributed by atoms with Crippen LogP contribution in [0.25, 0.3) is 11.4 Å². The number of hydrogen-bond donors (Lipinski definition) is 1. The van der Waals surface area contributed by atoms with E-state index in [0.717, 1.165) is 47.5 Å². The van der Waals surface area contributed by atoms with E-state index in [9.17, 15) is 4.39 Å². The zero-order valence-electron chi connectivity index (χ0n) is 17.9. The van der Waals surface area contributed by atoms with Gasteiger partial charge in [0.2, 0.25) is 0 Å². The van der Waals surface area contributed by atoms with Gasteiger partial charge in [0.05, 0.1) is 18.2 Å². The topological polar surface area (TPSA) is 47.7 Å². The van der Waals surface area contributed by atoms with Crippen LogP contribution >= 0.6 is 0 Å². The van der Waals surface area contributed by atoms with Crippen molar-refractivity contribution in [2.24, 2.45) is 7.05 Å². The lowest BCUT2D eigenvalue weighted by Crippen LogP contribution is -2.14. The summed E-state index contributed by atoms with van der Waals surface area (Å²) in [5.74, 6) is 6.07. The van der Waals surface area contributed by atoms with Crippen molar-refractivity contribution in [1.29, 1.82) is 0 Å². The summed E-state index contributed by atoms with van der Waals surface area (Å²) in [6.45, 7) is 5.01. The van der Waals surface area contributed by atoms with Gasteiger partial charge >= 0.3 is 0 Å². The number of aromatic nitrogens is 4. The van der Waals surface area contributed by atoms with Gasteiger partial charge in [-0.3, -0.25) is 4.68 Å². The second-order valence-electron chi connectivity index (χ2n) is 7.49. The van der Waals surface area contributed by atoms with Crippen molar-refractivity contribution in [3.05, 3.63) is 108 Å². The van der Waals surface area contributed by atoms with Gasteiger partial charge in [-0.25, -0.2) is 9.37 Å². The fraction of sp³-hybridized carbons (Fsp3) is 0.154. The SMILES string of the molecule is C=C(NCCCc1cnn(C)c1)c1ccc(-n2ccnc2)c(C#Cc2ccc(F)cc2)c1. The quantitative estimate of drug-likeness (QED) is 0.354. The largest absolute Gasteiger partial charge is 0.385 e. The predicted octanol–water partition coefficient (Wildman–Crippen LogP) is 4.34. The maximum atomic E-state index is 13.2. The van der Waals surface area contributed by atoms with Crippen molar-refractivity contribution < 1.29 is 4.39 Å². The molecule has 4 rings (SSSR count). The minimum Gasteiger partial charge on any atom is -0.385 e. The third kappa shape index (κ3) is 5.32. The van der Waals surface area contributed by atoms with Gasteiger partial charge in [-0.2, -0.15) is 5.10 Å². The van der Waals surface area contributed by atoms with Gasteiger partial charge in [-0.15, -0.1) is 0 Å². The Morgan fingerprint density at radius 2 is 2.00 bits per heavy atom. The molecule has 32 heavy (non-hydrogen) atoms. The maximum absolute atomic E-state index is 13.2. The number of nitrogens with zero attached hydrogens (tertiary/aromatic N) is 4. The molecule has 0 spiro atoms. The van der Waals surface area contributed by atoms with Crippen LogP contribution in [0.5, 0.6) is 0 Å². The van der Waals surface area contributed by atoms with E-state index >= 15 is 0 Å². The summed E-state index contributed by atoms with van der Waals surface area (Å²) < 4.78 is 16.9. The highest BCUT2D eigenvalue weighted by molar-refractivity contribution is 5.67. The summed E-state index contributed by atoms with van der Waals surface area (Å²) in [6.07, 6.45) is 11.2. The Morgan fingerprint density at radius 1 is 1.16 bits per heavy atom. The number of hydrogen-bond acceptors (Lipinski definition) is 3. The minimum absolute atomic E-state index is 0.275. The molecule has 0 aliphatic heterocycles. The van der Waals surface area contributed by atoms with Gasteiger partial charge in [0, 0.05) is 49.0 Å². The van der Waals surface area contributed by atoms with Gasteiger partial charge in [-0.1, -0.05) is 24.5 Å². The van der Waals surface area contributed by atoms with Crippen LogP contribution in [0.1, 0.15) is 28.7 Å². The van der Waals surface area contributed by atoms with Gasteiger partial charge in [0.15, 0.2) is 0 Å². The molecule has 1 N–H and O–H groups in total. The zero-order chi connectivity index (χ0) is 22.3. The molecule has 6 heteroatoms. The van der Waals surface area contributed by atoms with Gasteiger partial charge in [0.1, 0.15) is 5.82 Å². The molecule has 0 fully saturated rings. The van der Waals surface area contributed by atoms with Crippen molar-refractivity contribution >= 4 is 5.70 Å². The Labute approximate surface area is 187 Å². The fourth-order valence-electron chi connectivity index (χ4n) is 3.36. The summed E-state index contributed by atoms with van der Waals surface area (Å²) in [5, 5.41) is 7.61. The molecule has 0 saturated carbocycles. The molecule has 0 aliphatic rings. The number of rotatable bonds is 7. The first-order valence-electron chi connectivity index (χ1n) is 10.4. The number of halogens is 1. The molecule has 2 aromatic heterocycles. The van der Waals surface area contributed by atoms with E-state index in [1.165, 1.54) is 17.7 Å². The minimum atomic E-state index is -0.275. The monoisotopic (exact) mass is 425 g/mol. The molecular weight excluding hydrogens is 401 g/mol. The Bertz CT molecular complexity index is 1260. The number of aryl methyl sites for hydroxylation is 2. The van der Waals surface area contributed by atoms with Crippen LogP contribution in [-0.4, -0.2) is 25.9 Å². The Hall–Kier alpha value is -4.11. The van der Waals surface area contributed by atoms with Gasteiger partial charge in [-0.05, 0) is 60.4 Å². The molecule has 2 heterocycles. The van der Waals surface area contributed by atoms with Crippen LogP contribution in [0.3, 0.4) is 0 Å². The van der Waals surface area contributed by atoms with Crippen LogP contribution in [0.4, 0.5) is 4.39 Å². The van der Waals surface area contributed by atoms with Crippen LogP contribution < -0.4 is 5.32 Å². The number of benzene rings is 2. The predicted molar refractivity (Wildman–Crippen MR) is 125 cm³/mol. The Balaban J connectivity index is 1.49. The highest BCUT2D eigenvalue weighted by Gasteiger charge is 2.07. The van der Waals surface area contributed by atoms with Gasteiger partial charge < -0.3 is 9.88 Å². The molecule has 5 nitrogen and oxygen atoms in total. The summed E-state index contributed by atoms with van der Waals surface area (Å²) in [6, 6.07) is 12.2. The molecule has 4 aromatic rings. The first-order chi connectivity index (χ1) is 15.6. The highest BCUT2D eigenvalue weighted by Crippen LogP contribution is 2.20. The second kappa shape index (κ2) is 9.80. The standard InChI is InChI=1S/C26H24FN5/c1-20(29-13-3-4-22-17-30-31(2)18-22)23-9-12-26(32-15-14-28-19-32)24(16-23)8-5-21-6-10-25(27)11-7-21/h6-7,9-12,14-19,29H,1,3-4,13H2,2H3. The molecule has 0 radical (unpaired) electrons. The van der Waals surface area contributed by atoms with Crippen LogP contribution in [0, 0.1) is 17.7 Å². The van der Waals surface area contributed by atoms with Crippen LogP contribution in [0.2, 0.25) is 0 Å². The molecule has 0 saturated heterocycles. The summed E-state index contributed by atoms with van der Waals surface area (Å²) in [4.78, 5) is 4.14. The molecule has 0 amide bonds. The lowest BCUT2D eigenvalue weighted by molar-refractivity contribution is 0.627. The lowest BCUT2D eigenvalue weighted by atomic mass is 10.1. The molecule has 0 aliphatic carbocycles. The lowest BCUT2D eigenvalue weighted by Gasteiger charge is -2.12. The molecule has 0 bridgehead atoms. The summed E-state index contributed by atoms with van der Waals surface area (Å²) in [5.41, 5.74) is 5.55. The van der Waals surface area contributed by atoms with E-state index in [1.54, 1.807) is 24.7 Å². The molecule has 2 aromatic carbocycles. The normalized spacial score (nSPS) is 10.4. The maximum Gasteiger partial charge on any atom is 0.123 e. The first kappa shape index (κ1) is 21.1. The fourth-order valence-corrected chi connectivity index (χ4v) is 3.36. The van der Waals surface area contributed by atoms with E-state index in [1.807, 2.05) is 53.1 Å².